The van der Waals surface area contributed by atoms with Gasteiger partial charge >= 0.3 is 12.0 Å². The Hall–Kier alpha value is -1.46. The van der Waals surface area contributed by atoms with Crippen molar-refractivity contribution >= 4 is 40.9 Å². The SMILES string of the molecule is CCC(NC(=O)Nc1cccc(Cl)c1Cl)C(=O)O. The van der Waals surface area contributed by atoms with Gasteiger partial charge in [-0.2, -0.15) is 0 Å². The third-order valence-electron chi connectivity index (χ3n) is 2.21. The first-order valence-electron chi connectivity index (χ1n) is 5.20. The number of amides is 2. The van der Waals surface area contributed by atoms with Crippen LogP contribution in [0.25, 0.3) is 0 Å². The summed E-state index contributed by atoms with van der Waals surface area (Å²) in [5.41, 5.74) is 0.321. The highest BCUT2D eigenvalue weighted by atomic mass is 35.5. The van der Waals surface area contributed by atoms with Crippen LogP contribution in [0.15, 0.2) is 18.2 Å². The fraction of sp³-hybridized carbons (Fsp3) is 0.273. The maximum atomic E-state index is 11.6. The van der Waals surface area contributed by atoms with Crippen LogP contribution < -0.4 is 10.6 Å². The molecule has 18 heavy (non-hydrogen) atoms. The van der Waals surface area contributed by atoms with Gasteiger partial charge in [-0.05, 0) is 18.6 Å². The molecule has 1 rings (SSSR count). The molecule has 0 saturated carbocycles. The summed E-state index contributed by atoms with van der Waals surface area (Å²) < 4.78 is 0. The van der Waals surface area contributed by atoms with Crippen molar-refractivity contribution in [1.82, 2.24) is 5.32 Å². The summed E-state index contributed by atoms with van der Waals surface area (Å²) in [4.78, 5) is 22.3. The molecule has 0 aromatic heterocycles. The molecule has 0 spiro atoms. The Morgan fingerprint density at radius 3 is 2.61 bits per heavy atom. The molecule has 0 radical (unpaired) electrons. The van der Waals surface area contributed by atoms with Crippen LogP contribution >= 0.6 is 23.2 Å². The Morgan fingerprint density at radius 2 is 2.06 bits per heavy atom. The minimum atomic E-state index is -1.09. The molecule has 2 amide bonds. The lowest BCUT2D eigenvalue weighted by atomic mass is 10.2. The van der Waals surface area contributed by atoms with E-state index in [0.717, 1.165) is 0 Å². The van der Waals surface area contributed by atoms with Gasteiger partial charge in [0.05, 0.1) is 15.7 Å². The van der Waals surface area contributed by atoms with Gasteiger partial charge in [-0.15, -0.1) is 0 Å². The van der Waals surface area contributed by atoms with E-state index < -0.39 is 18.0 Å². The van der Waals surface area contributed by atoms with Crippen LogP contribution in [0.2, 0.25) is 10.0 Å². The van der Waals surface area contributed by atoms with Gasteiger partial charge in [-0.3, -0.25) is 0 Å². The molecule has 1 atom stereocenters. The number of nitrogens with one attached hydrogen (secondary N) is 2. The number of halogens is 2. The second kappa shape index (κ2) is 6.47. The lowest BCUT2D eigenvalue weighted by Gasteiger charge is -2.14. The van der Waals surface area contributed by atoms with Gasteiger partial charge in [-0.1, -0.05) is 36.2 Å². The van der Waals surface area contributed by atoms with E-state index in [0.29, 0.717) is 10.7 Å². The van der Waals surface area contributed by atoms with Crippen LogP contribution in [-0.4, -0.2) is 23.1 Å². The minimum absolute atomic E-state index is 0.206. The van der Waals surface area contributed by atoms with Crippen LogP contribution in [0.1, 0.15) is 13.3 Å². The molecule has 1 aromatic carbocycles. The van der Waals surface area contributed by atoms with Gasteiger partial charge < -0.3 is 15.7 Å². The summed E-state index contributed by atoms with van der Waals surface area (Å²) in [7, 11) is 0. The average molecular weight is 291 g/mol. The van der Waals surface area contributed by atoms with Crippen molar-refractivity contribution in [3.63, 3.8) is 0 Å². The van der Waals surface area contributed by atoms with E-state index >= 15 is 0 Å². The number of hydrogen-bond donors (Lipinski definition) is 3. The number of benzene rings is 1. The van der Waals surface area contributed by atoms with Crippen LogP contribution in [0, 0.1) is 0 Å². The van der Waals surface area contributed by atoms with Crippen LogP contribution in [-0.2, 0) is 4.79 Å². The fourth-order valence-corrected chi connectivity index (χ4v) is 1.60. The van der Waals surface area contributed by atoms with Gasteiger partial charge in [0.2, 0.25) is 0 Å². The van der Waals surface area contributed by atoms with Crippen molar-refractivity contribution in [2.24, 2.45) is 0 Å². The molecular formula is C11H12Cl2N2O3. The molecule has 0 aliphatic heterocycles. The van der Waals surface area contributed by atoms with Gasteiger partial charge in [0.25, 0.3) is 0 Å². The topological polar surface area (TPSA) is 78.4 Å². The summed E-state index contributed by atoms with van der Waals surface area (Å²) >= 11 is 11.7. The second-order valence-electron chi connectivity index (χ2n) is 3.50. The number of rotatable bonds is 4. The summed E-state index contributed by atoms with van der Waals surface area (Å²) in [6, 6.07) is 3.18. The molecule has 5 nitrogen and oxygen atoms in total. The standard InChI is InChI=1S/C11H12Cl2N2O3/c1-2-7(10(16)17)14-11(18)15-8-5-3-4-6(12)9(8)13/h3-5,7H,2H2,1H3,(H,16,17)(H2,14,15,18). The van der Waals surface area contributed by atoms with E-state index in [2.05, 4.69) is 10.6 Å². The van der Waals surface area contributed by atoms with E-state index in [1.807, 2.05) is 0 Å². The van der Waals surface area contributed by atoms with Gasteiger partial charge in [0.15, 0.2) is 0 Å². The van der Waals surface area contributed by atoms with Crippen LogP contribution in [0.4, 0.5) is 10.5 Å². The number of carbonyl (C=O) groups is 2. The van der Waals surface area contributed by atoms with Gasteiger partial charge in [0, 0.05) is 0 Å². The lowest BCUT2D eigenvalue weighted by Crippen LogP contribution is -2.42. The first-order chi connectivity index (χ1) is 8.45. The third-order valence-corrected chi connectivity index (χ3v) is 3.03. The summed E-state index contributed by atoms with van der Waals surface area (Å²) in [6.45, 7) is 1.66. The molecule has 0 saturated heterocycles. The highest BCUT2D eigenvalue weighted by molar-refractivity contribution is 6.43. The number of hydrogen-bond acceptors (Lipinski definition) is 2. The monoisotopic (exact) mass is 290 g/mol. The molecule has 0 bridgehead atoms. The number of carbonyl (C=O) groups excluding carboxylic acids is 1. The van der Waals surface area contributed by atoms with E-state index in [-0.39, 0.29) is 11.4 Å². The fourth-order valence-electron chi connectivity index (χ4n) is 1.26. The number of aliphatic carboxylic acids is 1. The maximum Gasteiger partial charge on any atom is 0.326 e. The van der Waals surface area contributed by atoms with E-state index in [9.17, 15) is 9.59 Å². The van der Waals surface area contributed by atoms with Crippen LogP contribution in [0.5, 0.6) is 0 Å². The third kappa shape index (κ3) is 3.78. The lowest BCUT2D eigenvalue weighted by molar-refractivity contribution is -0.139. The molecule has 1 aromatic rings. The van der Waals surface area contributed by atoms with E-state index in [1.165, 1.54) is 0 Å². The minimum Gasteiger partial charge on any atom is -0.480 e. The van der Waals surface area contributed by atoms with Gasteiger partial charge in [0.1, 0.15) is 6.04 Å². The molecule has 0 heterocycles. The zero-order valence-electron chi connectivity index (χ0n) is 9.54. The largest absolute Gasteiger partial charge is 0.480 e. The normalized spacial score (nSPS) is 11.7. The average Bonchev–Trinajstić information content (AvgIpc) is 2.31. The predicted molar refractivity (Wildman–Crippen MR) is 70.3 cm³/mol. The molecule has 0 fully saturated rings. The Kier molecular flexibility index (Phi) is 5.25. The Bertz CT molecular complexity index is 466. The van der Waals surface area contributed by atoms with Crippen molar-refractivity contribution in [2.45, 2.75) is 19.4 Å². The first-order valence-corrected chi connectivity index (χ1v) is 5.95. The quantitative estimate of drug-likeness (QED) is 0.798. The Morgan fingerprint density at radius 1 is 1.39 bits per heavy atom. The molecule has 0 aliphatic carbocycles. The predicted octanol–water partition coefficient (Wildman–Crippen LogP) is 2.98. The second-order valence-corrected chi connectivity index (χ2v) is 4.28. The zero-order valence-corrected chi connectivity index (χ0v) is 11.0. The maximum absolute atomic E-state index is 11.6. The van der Waals surface area contributed by atoms with Crippen molar-refractivity contribution in [1.29, 1.82) is 0 Å². The molecule has 3 N–H and O–H groups in total. The molecule has 0 aliphatic rings. The van der Waals surface area contributed by atoms with Crippen molar-refractivity contribution in [3.8, 4) is 0 Å². The summed E-state index contributed by atoms with van der Waals surface area (Å²) in [5.74, 6) is -1.09. The highest BCUT2D eigenvalue weighted by Gasteiger charge is 2.18. The molecule has 1 unspecified atom stereocenters. The van der Waals surface area contributed by atoms with Crippen molar-refractivity contribution in [2.75, 3.05) is 5.32 Å². The van der Waals surface area contributed by atoms with Crippen molar-refractivity contribution in [3.05, 3.63) is 28.2 Å². The zero-order chi connectivity index (χ0) is 13.7. The van der Waals surface area contributed by atoms with Gasteiger partial charge in [-0.25, -0.2) is 9.59 Å². The van der Waals surface area contributed by atoms with E-state index in [1.54, 1.807) is 25.1 Å². The molecule has 7 heteroatoms. The van der Waals surface area contributed by atoms with E-state index in [4.69, 9.17) is 28.3 Å². The first kappa shape index (κ1) is 14.6. The number of anilines is 1. The Balaban J connectivity index is 2.70. The highest BCUT2D eigenvalue weighted by Crippen LogP contribution is 2.29. The number of carboxylic acid groups (broad SMARTS) is 1. The molecule has 98 valence electrons. The number of urea groups is 1. The van der Waals surface area contributed by atoms with Crippen molar-refractivity contribution < 1.29 is 14.7 Å². The Labute approximate surface area is 114 Å². The molecular weight excluding hydrogens is 279 g/mol. The number of carboxylic acids is 1. The summed E-state index contributed by atoms with van der Waals surface area (Å²) in [5, 5.41) is 14.1. The summed E-state index contributed by atoms with van der Waals surface area (Å²) in [6.07, 6.45) is 0.284. The smallest absolute Gasteiger partial charge is 0.326 e. The van der Waals surface area contributed by atoms with Crippen LogP contribution in [0.3, 0.4) is 0 Å².